The van der Waals surface area contributed by atoms with E-state index in [0.717, 1.165) is 26.9 Å². The summed E-state index contributed by atoms with van der Waals surface area (Å²) in [5, 5.41) is 8.93. The van der Waals surface area contributed by atoms with Crippen molar-refractivity contribution in [3.63, 3.8) is 0 Å². The highest BCUT2D eigenvalue weighted by molar-refractivity contribution is 7.22. The third kappa shape index (κ3) is 1.96. The van der Waals surface area contributed by atoms with Crippen LogP contribution in [0.5, 0.6) is 0 Å². The van der Waals surface area contributed by atoms with Gasteiger partial charge in [-0.05, 0) is 24.1 Å². The Labute approximate surface area is 119 Å². The number of thiazole rings is 1. The Morgan fingerprint density at radius 3 is 2.85 bits per heavy atom. The zero-order valence-electron chi connectivity index (χ0n) is 11.4. The lowest BCUT2D eigenvalue weighted by Gasteiger charge is -2.03. The van der Waals surface area contributed by atoms with Crippen LogP contribution in [0, 0.1) is 11.8 Å². The van der Waals surface area contributed by atoms with Gasteiger partial charge in [0.05, 0.1) is 21.7 Å². The lowest BCUT2D eigenvalue weighted by atomic mass is 10.0. The molecule has 0 aliphatic rings. The van der Waals surface area contributed by atoms with Crippen molar-refractivity contribution in [2.24, 2.45) is 12.3 Å². The summed E-state index contributed by atoms with van der Waals surface area (Å²) in [5.74, 6) is 0. The van der Waals surface area contributed by atoms with Crippen LogP contribution in [0.4, 0.5) is 5.13 Å². The van der Waals surface area contributed by atoms with Gasteiger partial charge in [-0.1, -0.05) is 17.4 Å². The number of anilines is 1. The molecule has 0 N–H and O–H groups in total. The Kier molecular flexibility index (Phi) is 2.98. The summed E-state index contributed by atoms with van der Waals surface area (Å²) in [6, 6.07) is 4.00. The van der Waals surface area contributed by atoms with E-state index >= 15 is 0 Å². The average molecular weight is 287 g/mol. The number of aromatic nitrogens is 3. The molecule has 0 radical (unpaired) electrons. The van der Waals surface area contributed by atoms with E-state index in [9.17, 15) is 4.91 Å². The molecular formula is C13H13N5OS. The van der Waals surface area contributed by atoms with Crippen LogP contribution in [-0.4, -0.2) is 21.8 Å². The summed E-state index contributed by atoms with van der Waals surface area (Å²) < 4.78 is 2.85. The van der Waals surface area contributed by atoms with Crippen molar-refractivity contribution < 1.29 is 0 Å². The topological polar surface area (TPSA) is 63.4 Å². The molecule has 3 rings (SSSR count). The molecule has 0 spiro atoms. The van der Waals surface area contributed by atoms with Crippen molar-refractivity contribution in [2.45, 2.75) is 6.92 Å². The average Bonchev–Trinajstić information content (AvgIpc) is 3.05. The van der Waals surface area contributed by atoms with Crippen LogP contribution in [0.3, 0.4) is 0 Å². The van der Waals surface area contributed by atoms with E-state index < -0.39 is 0 Å². The second kappa shape index (κ2) is 4.68. The molecule has 102 valence electrons. The van der Waals surface area contributed by atoms with Gasteiger partial charge >= 0.3 is 0 Å². The minimum atomic E-state index is 0.599. The number of fused-ring (bicyclic) bond motifs is 1. The third-order valence-corrected chi connectivity index (χ3v) is 4.47. The lowest BCUT2D eigenvalue weighted by Crippen LogP contribution is -2.05. The lowest BCUT2D eigenvalue weighted by molar-refractivity contribution is 0.768. The van der Waals surface area contributed by atoms with E-state index in [1.807, 2.05) is 31.6 Å². The highest BCUT2D eigenvalue weighted by atomic mass is 32.1. The molecule has 0 saturated carbocycles. The van der Waals surface area contributed by atoms with Crippen LogP contribution < -0.4 is 5.01 Å². The Morgan fingerprint density at radius 1 is 1.40 bits per heavy atom. The molecule has 0 bridgehead atoms. The highest BCUT2D eigenvalue weighted by Crippen LogP contribution is 2.35. The molecule has 0 amide bonds. The van der Waals surface area contributed by atoms with Crippen LogP contribution >= 0.6 is 11.3 Å². The van der Waals surface area contributed by atoms with Gasteiger partial charge in [0.1, 0.15) is 0 Å². The quantitative estimate of drug-likeness (QED) is 0.548. The van der Waals surface area contributed by atoms with Crippen LogP contribution in [0.15, 0.2) is 29.8 Å². The van der Waals surface area contributed by atoms with Gasteiger partial charge in [-0.3, -0.25) is 4.68 Å². The summed E-state index contributed by atoms with van der Waals surface area (Å²) in [5.41, 5.74) is 4.22. The predicted octanol–water partition coefficient (Wildman–Crippen LogP) is 3.12. The van der Waals surface area contributed by atoms with Crippen molar-refractivity contribution in [1.82, 2.24) is 14.8 Å². The second-order valence-electron chi connectivity index (χ2n) is 4.59. The Morgan fingerprint density at radius 2 is 2.20 bits per heavy atom. The molecule has 2 heterocycles. The Bertz CT molecular complexity index is 791. The number of nitrogens with zero attached hydrogens (tertiary/aromatic N) is 5. The number of hydrogen-bond acceptors (Lipinski definition) is 5. The molecule has 20 heavy (non-hydrogen) atoms. The minimum absolute atomic E-state index is 0.599. The van der Waals surface area contributed by atoms with Crippen LogP contribution in [0.1, 0.15) is 5.56 Å². The van der Waals surface area contributed by atoms with Gasteiger partial charge in [-0.2, -0.15) is 5.10 Å². The predicted molar refractivity (Wildman–Crippen MR) is 80.8 cm³/mol. The molecule has 1 aromatic carbocycles. The molecular weight excluding hydrogens is 274 g/mol. The Balaban J connectivity index is 2.17. The van der Waals surface area contributed by atoms with E-state index in [4.69, 9.17) is 0 Å². The van der Waals surface area contributed by atoms with Crippen molar-refractivity contribution in [3.8, 4) is 11.1 Å². The van der Waals surface area contributed by atoms with E-state index in [1.54, 1.807) is 11.7 Å². The maximum absolute atomic E-state index is 10.6. The normalized spacial score (nSPS) is 10.9. The monoisotopic (exact) mass is 287 g/mol. The minimum Gasteiger partial charge on any atom is -0.275 e. The SMILES string of the molecule is Cc1c(-c2cnn(C)c2)ccc2nc(N(C)N=O)sc12. The summed E-state index contributed by atoms with van der Waals surface area (Å²) >= 11 is 1.47. The molecule has 2 aromatic heterocycles. The molecule has 0 fully saturated rings. The molecule has 0 atom stereocenters. The van der Waals surface area contributed by atoms with Crippen molar-refractivity contribution in [2.75, 3.05) is 12.1 Å². The molecule has 0 aliphatic carbocycles. The van der Waals surface area contributed by atoms with E-state index in [-0.39, 0.29) is 0 Å². The fourth-order valence-corrected chi connectivity index (χ4v) is 3.13. The van der Waals surface area contributed by atoms with Crippen LogP contribution in [-0.2, 0) is 7.05 Å². The van der Waals surface area contributed by atoms with Gasteiger partial charge in [0, 0.05) is 25.9 Å². The highest BCUT2D eigenvalue weighted by Gasteiger charge is 2.13. The first kappa shape index (κ1) is 12.7. The van der Waals surface area contributed by atoms with Gasteiger partial charge in [-0.25, -0.2) is 9.99 Å². The smallest absolute Gasteiger partial charge is 0.209 e. The maximum Gasteiger partial charge on any atom is 0.209 e. The number of nitroso groups, excluding NO2 is 1. The summed E-state index contributed by atoms with van der Waals surface area (Å²) in [6.45, 7) is 2.06. The number of hydrogen-bond donors (Lipinski definition) is 0. The first-order valence-corrected chi connectivity index (χ1v) is 6.88. The molecule has 6 nitrogen and oxygen atoms in total. The van der Waals surface area contributed by atoms with Gasteiger partial charge in [0.25, 0.3) is 0 Å². The molecule has 0 unspecified atom stereocenters. The standard InChI is InChI=1S/C13H13N5OS/c1-8-10(9-6-14-17(2)7-9)4-5-11-12(8)20-13(15-11)18(3)16-19/h4-7H,1-3H3. The zero-order chi connectivity index (χ0) is 14.3. The van der Waals surface area contributed by atoms with Crippen LogP contribution in [0.25, 0.3) is 21.3 Å². The molecule has 0 aliphatic heterocycles. The number of aryl methyl sites for hydroxylation is 2. The van der Waals surface area contributed by atoms with Gasteiger partial charge in [-0.15, -0.1) is 4.91 Å². The molecule has 7 heteroatoms. The van der Waals surface area contributed by atoms with Gasteiger partial charge < -0.3 is 0 Å². The fourth-order valence-electron chi connectivity index (χ4n) is 2.16. The van der Waals surface area contributed by atoms with E-state index in [0.29, 0.717) is 5.13 Å². The van der Waals surface area contributed by atoms with Crippen LogP contribution in [0.2, 0.25) is 0 Å². The second-order valence-corrected chi connectivity index (χ2v) is 5.57. The number of benzene rings is 1. The third-order valence-electron chi connectivity index (χ3n) is 3.21. The van der Waals surface area contributed by atoms with E-state index in [1.165, 1.54) is 16.3 Å². The van der Waals surface area contributed by atoms with Crippen molar-refractivity contribution >= 4 is 26.7 Å². The summed E-state index contributed by atoms with van der Waals surface area (Å²) in [4.78, 5) is 15.0. The first-order chi connectivity index (χ1) is 9.60. The Hall–Kier alpha value is -2.28. The zero-order valence-corrected chi connectivity index (χ0v) is 12.2. The summed E-state index contributed by atoms with van der Waals surface area (Å²) in [7, 11) is 3.49. The molecule has 0 saturated heterocycles. The van der Waals surface area contributed by atoms with Crippen molar-refractivity contribution in [1.29, 1.82) is 0 Å². The summed E-state index contributed by atoms with van der Waals surface area (Å²) in [6.07, 6.45) is 3.82. The maximum atomic E-state index is 10.6. The number of rotatable bonds is 3. The molecule has 3 aromatic rings. The van der Waals surface area contributed by atoms with Crippen molar-refractivity contribution in [3.05, 3.63) is 35.0 Å². The van der Waals surface area contributed by atoms with Gasteiger partial charge in [0.15, 0.2) is 0 Å². The largest absolute Gasteiger partial charge is 0.275 e. The fraction of sp³-hybridized carbons (Fsp3) is 0.231. The van der Waals surface area contributed by atoms with E-state index in [2.05, 4.69) is 22.3 Å². The first-order valence-electron chi connectivity index (χ1n) is 6.06. The van der Waals surface area contributed by atoms with Gasteiger partial charge in [0.2, 0.25) is 5.13 Å².